The minimum absolute atomic E-state index is 0.750. The van der Waals surface area contributed by atoms with Gasteiger partial charge in [-0.05, 0) is 38.8 Å². The third-order valence-corrected chi connectivity index (χ3v) is 3.73. The van der Waals surface area contributed by atoms with Gasteiger partial charge in [-0.2, -0.15) is 0 Å². The number of rotatable bonds is 5. The smallest absolute Gasteiger partial charge is 0.0117 e. The van der Waals surface area contributed by atoms with Crippen molar-refractivity contribution in [1.82, 2.24) is 10.2 Å². The molecule has 1 heterocycles. The topological polar surface area (TPSA) is 15.3 Å². The minimum atomic E-state index is 0.750. The van der Waals surface area contributed by atoms with Gasteiger partial charge >= 0.3 is 0 Å². The van der Waals surface area contributed by atoms with E-state index in [4.69, 9.17) is 0 Å². The van der Waals surface area contributed by atoms with Crippen LogP contribution in [-0.2, 0) is 0 Å². The molecule has 2 nitrogen and oxygen atoms in total. The summed E-state index contributed by atoms with van der Waals surface area (Å²) in [6, 6.07) is 1.53. The van der Waals surface area contributed by atoms with Gasteiger partial charge in [0.2, 0.25) is 0 Å². The van der Waals surface area contributed by atoms with Crippen LogP contribution in [0.15, 0.2) is 0 Å². The van der Waals surface area contributed by atoms with Crippen LogP contribution in [0.3, 0.4) is 0 Å². The molecule has 0 amide bonds. The molecule has 2 heteroatoms. The third-order valence-electron chi connectivity index (χ3n) is 3.73. The molecule has 0 aromatic carbocycles. The molecular formula is C13H28N2. The maximum absolute atomic E-state index is 3.60. The van der Waals surface area contributed by atoms with E-state index in [0.717, 1.165) is 24.5 Å². The van der Waals surface area contributed by atoms with Gasteiger partial charge in [0.15, 0.2) is 0 Å². The first-order valence-electron chi connectivity index (χ1n) is 6.66. The van der Waals surface area contributed by atoms with Crippen molar-refractivity contribution in [3.8, 4) is 0 Å². The number of nitrogens with zero attached hydrogens (tertiary/aromatic N) is 1. The first-order chi connectivity index (χ1) is 7.19. The Morgan fingerprint density at radius 1 is 1.40 bits per heavy atom. The van der Waals surface area contributed by atoms with Crippen molar-refractivity contribution in [3.05, 3.63) is 0 Å². The van der Waals surface area contributed by atoms with Crippen molar-refractivity contribution in [2.45, 2.75) is 59.0 Å². The average molecular weight is 212 g/mol. The highest BCUT2D eigenvalue weighted by molar-refractivity contribution is 4.84. The van der Waals surface area contributed by atoms with Crippen molar-refractivity contribution in [2.24, 2.45) is 5.92 Å². The van der Waals surface area contributed by atoms with Gasteiger partial charge < -0.3 is 10.2 Å². The molecule has 0 spiro atoms. The monoisotopic (exact) mass is 212 g/mol. The molecule has 0 aromatic rings. The summed E-state index contributed by atoms with van der Waals surface area (Å²) in [5, 5.41) is 3.60. The Morgan fingerprint density at radius 3 is 2.67 bits per heavy atom. The zero-order valence-electron chi connectivity index (χ0n) is 10.9. The van der Waals surface area contributed by atoms with E-state index in [1.807, 2.05) is 0 Å². The van der Waals surface area contributed by atoms with Crippen LogP contribution < -0.4 is 5.32 Å². The van der Waals surface area contributed by atoms with Crippen molar-refractivity contribution in [3.63, 3.8) is 0 Å². The van der Waals surface area contributed by atoms with Gasteiger partial charge in [0.25, 0.3) is 0 Å². The minimum Gasteiger partial charge on any atom is -0.314 e. The molecule has 1 N–H and O–H groups in total. The van der Waals surface area contributed by atoms with Gasteiger partial charge in [-0.15, -0.1) is 0 Å². The van der Waals surface area contributed by atoms with Gasteiger partial charge in [0.1, 0.15) is 0 Å². The maximum Gasteiger partial charge on any atom is 0.0117 e. The molecule has 0 aromatic heterocycles. The molecule has 1 rings (SSSR count). The van der Waals surface area contributed by atoms with Crippen molar-refractivity contribution < 1.29 is 0 Å². The third kappa shape index (κ3) is 3.76. The second-order valence-corrected chi connectivity index (χ2v) is 5.06. The second-order valence-electron chi connectivity index (χ2n) is 5.06. The van der Waals surface area contributed by atoms with Crippen molar-refractivity contribution in [1.29, 1.82) is 0 Å². The molecular weight excluding hydrogens is 184 g/mol. The maximum atomic E-state index is 3.60. The highest BCUT2D eigenvalue weighted by Gasteiger charge is 2.27. The standard InChI is InChI=1S/C13H28N2/c1-5-7-12(4)15-9-8-13(14-6-2)11(3)10-15/h11-14H,5-10H2,1-4H3. The molecule has 1 fully saturated rings. The number of hydrogen-bond acceptors (Lipinski definition) is 2. The highest BCUT2D eigenvalue weighted by Crippen LogP contribution is 2.20. The summed E-state index contributed by atoms with van der Waals surface area (Å²) in [6.45, 7) is 12.9. The van der Waals surface area contributed by atoms with E-state index in [2.05, 4.69) is 37.9 Å². The van der Waals surface area contributed by atoms with Crippen LogP contribution in [0, 0.1) is 5.92 Å². The van der Waals surface area contributed by atoms with E-state index in [0.29, 0.717) is 0 Å². The summed E-state index contributed by atoms with van der Waals surface area (Å²) in [4.78, 5) is 2.67. The van der Waals surface area contributed by atoms with Gasteiger partial charge in [-0.1, -0.05) is 27.2 Å². The molecule has 1 aliphatic heterocycles. The Hall–Kier alpha value is -0.0800. The van der Waals surface area contributed by atoms with Crippen molar-refractivity contribution >= 4 is 0 Å². The SMILES string of the molecule is CCCC(C)N1CCC(NCC)C(C)C1. The summed E-state index contributed by atoms with van der Waals surface area (Å²) in [7, 11) is 0. The lowest BCUT2D eigenvalue weighted by Gasteiger charge is -2.40. The summed E-state index contributed by atoms with van der Waals surface area (Å²) >= 11 is 0. The zero-order valence-corrected chi connectivity index (χ0v) is 10.9. The molecule has 0 saturated carbocycles. The highest BCUT2D eigenvalue weighted by atomic mass is 15.2. The van der Waals surface area contributed by atoms with E-state index in [1.54, 1.807) is 0 Å². The summed E-state index contributed by atoms with van der Waals surface area (Å²) in [6.07, 6.45) is 3.98. The Bertz CT molecular complexity index is 170. The van der Waals surface area contributed by atoms with Crippen LogP contribution in [0.25, 0.3) is 0 Å². The summed E-state index contributed by atoms with van der Waals surface area (Å²) < 4.78 is 0. The van der Waals surface area contributed by atoms with Gasteiger partial charge in [0.05, 0.1) is 0 Å². The molecule has 3 unspecified atom stereocenters. The predicted molar refractivity (Wildman–Crippen MR) is 67.2 cm³/mol. The average Bonchev–Trinajstić information content (AvgIpc) is 2.21. The van der Waals surface area contributed by atoms with Gasteiger partial charge in [0, 0.05) is 18.6 Å². The molecule has 1 aliphatic rings. The normalized spacial score (nSPS) is 30.4. The fourth-order valence-electron chi connectivity index (χ4n) is 2.74. The van der Waals surface area contributed by atoms with E-state index in [1.165, 1.54) is 32.4 Å². The van der Waals surface area contributed by atoms with E-state index >= 15 is 0 Å². The van der Waals surface area contributed by atoms with Crippen LogP contribution in [0.2, 0.25) is 0 Å². The number of likely N-dealkylation sites (tertiary alicyclic amines) is 1. The van der Waals surface area contributed by atoms with E-state index < -0.39 is 0 Å². The fourth-order valence-corrected chi connectivity index (χ4v) is 2.74. The van der Waals surface area contributed by atoms with Crippen LogP contribution in [-0.4, -0.2) is 36.6 Å². The fraction of sp³-hybridized carbons (Fsp3) is 1.00. The Kier molecular flexibility index (Phi) is 5.62. The molecule has 3 atom stereocenters. The lowest BCUT2D eigenvalue weighted by Crippen LogP contribution is -2.50. The predicted octanol–water partition coefficient (Wildman–Crippen LogP) is 2.49. The molecule has 0 bridgehead atoms. The van der Waals surface area contributed by atoms with Crippen molar-refractivity contribution in [2.75, 3.05) is 19.6 Å². The van der Waals surface area contributed by atoms with Gasteiger partial charge in [-0.25, -0.2) is 0 Å². The first-order valence-corrected chi connectivity index (χ1v) is 6.66. The molecule has 0 aliphatic carbocycles. The van der Waals surface area contributed by atoms with Crippen LogP contribution in [0.1, 0.15) is 47.0 Å². The van der Waals surface area contributed by atoms with Crippen LogP contribution in [0.5, 0.6) is 0 Å². The lowest BCUT2D eigenvalue weighted by molar-refractivity contribution is 0.107. The Labute approximate surface area is 95.4 Å². The van der Waals surface area contributed by atoms with E-state index in [-0.39, 0.29) is 0 Å². The zero-order chi connectivity index (χ0) is 11.3. The van der Waals surface area contributed by atoms with E-state index in [9.17, 15) is 0 Å². The number of nitrogens with one attached hydrogen (secondary N) is 1. The first kappa shape index (κ1) is 13.0. The largest absolute Gasteiger partial charge is 0.314 e. The summed E-state index contributed by atoms with van der Waals surface area (Å²) in [5.41, 5.74) is 0. The van der Waals surface area contributed by atoms with Gasteiger partial charge in [-0.3, -0.25) is 0 Å². The number of piperidine rings is 1. The van der Waals surface area contributed by atoms with Crippen LogP contribution in [0.4, 0.5) is 0 Å². The number of hydrogen-bond donors (Lipinski definition) is 1. The Balaban J connectivity index is 2.36. The molecule has 1 saturated heterocycles. The second kappa shape index (κ2) is 6.49. The van der Waals surface area contributed by atoms with Crippen LogP contribution >= 0.6 is 0 Å². The lowest BCUT2D eigenvalue weighted by atomic mass is 9.92. The quantitative estimate of drug-likeness (QED) is 0.753. The molecule has 15 heavy (non-hydrogen) atoms. The molecule has 0 radical (unpaired) electrons. The molecule has 90 valence electrons. The Morgan fingerprint density at radius 2 is 2.13 bits per heavy atom. The summed E-state index contributed by atoms with van der Waals surface area (Å²) in [5.74, 6) is 0.804.